The molecule has 178 valence electrons. The van der Waals surface area contributed by atoms with Crippen molar-refractivity contribution in [2.75, 3.05) is 25.0 Å². The van der Waals surface area contributed by atoms with Crippen LogP contribution in [0.15, 0.2) is 52.3 Å². The highest BCUT2D eigenvalue weighted by molar-refractivity contribution is 7.89. The van der Waals surface area contributed by atoms with E-state index in [2.05, 4.69) is 5.32 Å². The molecular weight excluding hydrogens is 467 g/mol. The Morgan fingerprint density at radius 1 is 1.09 bits per heavy atom. The number of ether oxygens (including phenoxy) is 1. The SMILES string of the molecule is O=C(COC(=O)Cn1cc(C(F)(F)F)ccc1=O)Nc1cccc(S(=O)(=O)N2CCCC2)c1. The molecule has 0 radical (unpaired) electrons. The summed E-state index contributed by atoms with van der Waals surface area (Å²) in [6.07, 6.45) is -2.67. The molecule has 33 heavy (non-hydrogen) atoms. The van der Waals surface area contributed by atoms with Crippen molar-refractivity contribution in [3.8, 4) is 0 Å². The normalized spacial score (nSPS) is 14.8. The van der Waals surface area contributed by atoms with Crippen molar-refractivity contribution in [1.82, 2.24) is 8.87 Å². The topological polar surface area (TPSA) is 115 Å². The number of carbonyl (C=O) groups is 2. The molecule has 1 aromatic heterocycles. The molecule has 1 saturated heterocycles. The summed E-state index contributed by atoms with van der Waals surface area (Å²) < 4.78 is 70.1. The molecule has 1 aromatic carbocycles. The number of rotatable bonds is 7. The number of alkyl halides is 3. The van der Waals surface area contributed by atoms with Crippen molar-refractivity contribution < 1.29 is 35.9 Å². The third-order valence-corrected chi connectivity index (χ3v) is 6.69. The van der Waals surface area contributed by atoms with E-state index in [-0.39, 0.29) is 10.6 Å². The lowest BCUT2D eigenvalue weighted by atomic mass is 10.3. The van der Waals surface area contributed by atoms with E-state index in [9.17, 15) is 36.0 Å². The van der Waals surface area contributed by atoms with E-state index in [0.717, 1.165) is 12.8 Å². The van der Waals surface area contributed by atoms with Crippen molar-refractivity contribution in [2.45, 2.75) is 30.5 Å². The summed E-state index contributed by atoms with van der Waals surface area (Å²) in [5, 5.41) is 2.39. The lowest BCUT2D eigenvalue weighted by molar-refractivity contribution is -0.148. The van der Waals surface area contributed by atoms with Gasteiger partial charge in [0.2, 0.25) is 10.0 Å². The number of benzene rings is 1. The van der Waals surface area contributed by atoms with E-state index >= 15 is 0 Å². The summed E-state index contributed by atoms with van der Waals surface area (Å²) in [6.45, 7) is -0.761. The minimum Gasteiger partial charge on any atom is -0.454 e. The van der Waals surface area contributed by atoms with Gasteiger partial charge in [0.1, 0.15) is 6.54 Å². The predicted molar refractivity (Wildman–Crippen MR) is 110 cm³/mol. The Hall–Kier alpha value is -3.19. The van der Waals surface area contributed by atoms with Gasteiger partial charge < -0.3 is 14.6 Å². The van der Waals surface area contributed by atoms with Crippen LogP contribution in [0.4, 0.5) is 18.9 Å². The number of nitrogens with one attached hydrogen (secondary N) is 1. The summed E-state index contributed by atoms with van der Waals surface area (Å²) in [4.78, 5) is 35.6. The molecule has 0 saturated carbocycles. The minimum atomic E-state index is -4.70. The Balaban J connectivity index is 1.58. The number of pyridine rings is 1. The fourth-order valence-electron chi connectivity index (χ4n) is 3.16. The van der Waals surface area contributed by atoms with Crippen LogP contribution in [-0.2, 0) is 37.1 Å². The molecule has 0 spiro atoms. The molecule has 3 rings (SSSR count). The van der Waals surface area contributed by atoms with E-state index < -0.39 is 52.4 Å². The maximum absolute atomic E-state index is 12.8. The van der Waals surface area contributed by atoms with Gasteiger partial charge in [-0.3, -0.25) is 14.4 Å². The zero-order valence-electron chi connectivity index (χ0n) is 17.2. The molecule has 2 aromatic rings. The van der Waals surface area contributed by atoms with Crippen LogP contribution in [0.2, 0.25) is 0 Å². The first-order valence-electron chi connectivity index (χ1n) is 9.80. The van der Waals surface area contributed by atoms with Gasteiger partial charge in [-0.1, -0.05) is 6.07 Å². The summed E-state index contributed by atoms with van der Waals surface area (Å²) >= 11 is 0. The van der Waals surface area contributed by atoms with Crippen LogP contribution >= 0.6 is 0 Å². The second-order valence-corrected chi connectivity index (χ2v) is 9.17. The van der Waals surface area contributed by atoms with Gasteiger partial charge in [0, 0.05) is 31.0 Å². The van der Waals surface area contributed by atoms with Crippen molar-refractivity contribution in [3.05, 3.63) is 58.5 Å². The zero-order valence-corrected chi connectivity index (χ0v) is 18.0. The lowest BCUT2D eigenvalue weighted by Crippen LogP contribution is -2.28. The number of sulfonamides is 1. The van der Waals surface area contributed by atoms with E-state index in [0.29, 0.717) is 36.0 Å². The van der Waals surface area contributed by atoms with Crippen molar-refractivity contribution in [1.29, 1.82) is 0 Å². The summed E-state index contributed by atoms with van der Waals surface area (Å²) in [6, 6.07) is 6.84. The predicted octanol–water partition coefficient (Wildman–Crippen LogP) is 1.83. The highest BCUT2D eigenvalue weighted by Gasteiger charge is 2.31. The van der Waals surface area contributed by atoms with Crippen LogP contribution in [0.5, 0.6) is 0 Å². The number of amides is 1. The molecular formula is C20H20F3N3O6S. The Morgan fingerprint density at radius 2 is 1.79 bits per heavy atom. The van der Waals surface area contributed by atoms with Crippen LogP contribution in [-0.4, -0.2) is 48.9 Å². The minimum absolute atomic E-state index is 0.00289. The van der Waals surface area contributed by atoms with E-state index in [4.69, 9.17) is 4.74 Å². The number of esters is 1. The van der Waals surface area contributed by atoms with Crippen LogP contribution < -0.4 is 10.9 Å². The highest BCUT2D eigenvalue weighted by Crippen LogP contribution is 2.28. The van der Waals surface area contributed by atoms with Gasteiger partial charge >= 0.3 is 12.1 Å². The standard InChI is InChI=1S/C20H20F3N3O6S/c21-20(22,23)14-6-7-18(28)25(11-14)12-19(29)32-13-17(27)24-15-4-3-5-16(10-15)33(30,31)26-8-1-2-9-26/h3-7,10-11H,1-2,8-9,12-13H2,(H,24,27). The first-order valence-corrected chi connectivity index (χ1v) is 11.2. The maximum Gasteiger partial charge on any atom is 0.417 e. The Morgan fingerprint density at radius 3 is 2.45 bits per heavy atom. The molecule has 1 N–H and O–H groups in total. The number of carbonyl (C=O) groups excluding carboxylic acids is 2. The Bertz CT molecular complexity index is 1200. The monoisotopic (exact) mass is 487 g/mol. The number of nitrogens with zero attached hydrogens (tertiary/aromatic N) is 2. The third-order valence-electron chi connectivity index (χ3n) is 4.80. The summed E-state index contributed by atoms with van der Waals surface area (Å²) in [5.41, 5.74) is -1.80. The first kappa shape index (κ1) is 24.5. The van der Waals surface area contributed by atoms with Crippen LogP contribution in [0.1, 0.15) is 18.4 Å². The lowest BCUT2D eigenvalue weighted by Gasteiger charge is -2.16. The molecule has 1 amide bonds. The second-order valence-electron chi connectivity index (χ2n) is 7.23. The second kappa shape index (κ2) is 9.75. The molecule has 1 aliphatic rings. The van der Waals surface area contributed by atoms with Gasteiger partial charge in [-0.2, -0.15) is 17.5 Å². The molecule has 0 aliphatic carbocycles. The third kappa shape index (κ3) is 6.20. The Kier molecular flexibility index (Phi) is 7.22. The van der Waals surface area contributed by atoms with E-state index in [1.54, 1.807) is 0 Å². The molecule has 13 heteroatoms. The average Bonchev–Trinajstić information content (AvgIpc) is 3.29. The van der Waals surface area contributed by atoms with Crippen molar-refractivity contribution in [2.24, 2.45) is 0 Å². The van der Waals surface area contributed by atoms with Gasteiger partial charge in [-0.25, -0.2) is 8.42 Å². The molecule has 9 nitrogen and oxygen atoms in total. The quantitative estimate of drug-likeness (QED) is 0.596. The largest absolute Gasteiger partial charge is 0.454 e. The van der Waals surface area contributed by atoms with Gasteiger partial charge in [-0.15, -0.1) is 0 Å². The van der Waals surface area contributed by atoms with Crippen molar-refractivity contribution >= 4 is 27.6 Å². The molecule has 2 heterocycles. The van der Waals surface area contributed by atoms with Crippen molar-refractivity contribution in [3.63, 3.8) is 0 Å². The number of anilines is 1. The number of aromatic nitrogens is 1. The fourth-order valence-corrected chi connectivity index (χ4v) is 4.73. The summed E-state index contributed by atoms with van der Waals surface area (Å²) in [5.74, 6) is -1.90. The Labute approximate surface area is 186 Å². The molecule has 0 unspecified atom stereocenters. The van der Waals surface area contributed by atoms with Crippen LogP contribution in [0.3, 0.4) is 0 Å². The molecule has 1 fully saturated rings. The number of halogens is 3. The van der Waals surface area contributed by atoms with E-state index in [1.165, 1.54) is 28.6 Å². The van der Waals surface area contributed by atoms with Crippen LogP contribution in [0, 0.1) is 0 Å². The summed E-state index contributed by atoms with van der Waals surface area (Å²) in [7, 11) is -3.69. The highest BCUT2D eigenvalue weighted by atomic mass is 32.2. The number of hydrogen-bond donors (Lipinski definition) is 1. The van der Waals surface area contributed by atoms with Gasteiger partial charge in [0.15, 0.2) is 6.61 Å². The van der Waals surface area contributed by atoms with Gasteiger partial charge in [-0.05, 0) is 37.1 Å². The maximum atomic E-state index is 12.8. The zero-order chi connectivity index (χ0) is 24.2. The average molecular weight is 487 g/mol. The van der Waals surface area contributed by atoms with E-state index in [1.807, 2.05) is 0 Å². The first-order chi connectivity index (χ1) is 15.5. The molecule has 0 bridgehead atoms. The van der Waals surface area contributed by atoms with Gasteiger partial charge in [0.25, 0.3) is 11.5 Å². The smallest absolute Gasteiger partial charge is 0.417 e. The number of hydrogen-bond acceptors (Lipinski definition) is 6. The van der Waals surface area contributed by atoms with Crippen LogP contribution in [0.25, 0.3) is 0 Å². The molecule has 0 atom stereocenters. The molecule has 1 aliphatic heterocycles. The van der Waals surface area contributed by atoms with Gasteiger partial charge in [0.05, 0.1) is 10.5 Å². The fraction of sp³-hybridized carbons (Fsp3) is 0.350.